The average Bonchev–Trinajstić information content (AvgIpc) is 3.08. The van der Waals surface area contributed by atoms with E-state index in [-0.39, 0.29) is 12.0 Å². The molecule has 45 heavy (non-hydrogen) atoms. The van der Waals surface area contributed by atoms with Crippen molar-refractivity contribution in [2.75, 3.05) is 51.2 Å². The second-order valence-corrected chi connectivity index (χ2v) is 12.7. The van der Waals surface area contributed by atoms with Crippen LogP contribution in [0.25, 0.3) is 0 Å². The Morgan fingerprint density at radius 3 is 1.78 bits per heavy atom. The second kappa shape index (κ2) is 20.9. The summed E-state index contributed by atoms with van der Waals surface area (Å²) in [5.41, 5.74) is 4.67. The number of nitrogens with one attached hydrogen (secondary N) is 1. The van der Waals surface area contributed by atoms with E-state index in [1.165, 1.54) is 61.6 Å². The summed E-state index contributed by atoms with van der Waals surface area (Å²) in [5, 5.41) is 3.08. The van der Waals surface area contributed by atoms with Crippen LogP contribution in [-0.2, 0) is 16.0 Å². The molecule has 0 aromatic heterocycles. The minimum absolute atomic E-state index is 0.0245. The molecule has 0 spiro atoms. The lowest BCUT2D eigenvalue weighted by Gasteiger charge is -2.35. The SMILES string of the molecule is CCCCCCCCCCCC(=O)Nc1ccc(CCCN2CCN(CCOC(c3ccccc3)c3ccccc3)CC2)cc1. The molecule has 0 bridgehead atoms. The maximum atomic E-state index is 12.4. The summed E-state index contributed by atoms with van der Waals surface area (Å²) in [7, 11) is 0. The number of unbranched alkanes of at least 4 members (excludes halogenated alkanes) is 8. The van der Waals surface area contributed by atoms with E-state index in [4.69, 9.17) is 4.74 Å². The third kappa shape index (κ3) is 13.5. The number of nitrogens with zero attached hydrogens (tertiary/aromatic N) is 2. The first-order valence-electron chi connectivity index (χ1n) is 17.8. The molecule has 1 fully saturated rings. The number of piperazine rings is 1. The normalized spacial score (nSPS) is 14.2. The monoisotopic (exact) mass is 611 g/mol. The summed E-state index contributed by atoms with van der Waals surface area (Å²) in [5.74, 6) is 0.142. The summed E-state index contributed by atoms with van der Waals surface area (Å²) in [6, 6.07) is 29.5. The number of rotatable bonds is 21. The fourth-order valence-electron chi connectivity index (χ4n) is 6.26. The van der Waals surface area contributed by atoms with Crippen LogP contribution in [0.1, 0.15) is 100 Å². The van der Waals surface area contributed by atoms with Crippen molar-refractivity contribution in [3.8, 4) is 0 Å². The highest BCUT2D eigenvalue weighted by atomic mass is 16.5. The van der Waals surface area contributed by atoms with Crippen molar-refractivity contribution in [3.05, 3.63) is 102 Å². The minimum atomic E-state index is -0.0245. The van der Waals surface area contributed by atoms with E-state index in [1.807, 2.05) is 0 Å². The molecular weight excluding hydrogens is 554 g/mol. The molecule has 1 amide bonds. The molecule has 1 aliphatic rings. The molecule has 0 aliphatic carbocycles. The molecule has 5 heteroatoms. The quantitative estimate of drug-likeness (QED) is 0.122. The van der Waals surface area contributed by atoms with Crippen molar-refractivity contribution < 1.29 is 9.53 Å². The minimum Gasteiger partial charge on any atom is -0.367 e. The van der Waals surface area contributed by atoms with Crippen LogP contribution in [0.15, 0.2) is 84.9 Å². The van der Waals surface area contributed by atoms with Crippen molar-refractivity contribution >= 4 is 11.6 Å². The number of carbonyl (C=O) groups excluding carboxylic acids is 1. The zero-order chi connectivity index (χ0) is 31.4. The predicted molar refractivity (Wildman–Crippen MR) is 189 cm³/mol. The molecule has 3 aromatic rings. The molecule has 0 unspecified atom stereocenters. The van der Waals surface area contributed by atoms with Crippen molar-refractivity contribution in [3.63, 3.8) is 0 Å². The summed E-state index contributed by atoms with van der Waals surface area (Å²) in [4.78, 5) is 17.5. The highest BCUT2D eigenvalue weighted by Gasteiger charge is 2.18. The maximum Gasteiger partial charge on any atom is 0.224 e. The number of hydrogen-bond donors (Lipinski definition) is 1. The average molecular weight is 612 g/mol. The van der Waals surface area contributed by atoms with Crippen LogP contribution in [-0.4, -0.2) is 61.6 Å². The topological polar surface area (TPSA) is 44.8 Å². The fourth-order valence-corrected chi connectivity index (χ4v) is 6.26. The van der Waals surface area contributed by atoms with Gasteiger partial charge in [0.15, 0.2) is 0 Å². The Morgan fingerprint density at radius 2 is 1.20 bits per heavy atom. The second-order valence-electron chi connectivity index (χ2n) is 12.7. The first kappa shape index (κ1) is 34.9. The van der Waals surface area contributed by atoms with Gasteiger partial charge in [-0.1, -0.05) is 131 Å². The Hall–Kier alpha value is -2.99. The van der Waals surface area contributed by atoms with Gasteiger partial charge in [0.2, 0.25) is 5.91 Å². The predicted octanol–water partition coefficient (Wildman–Crippen LogP) is 8.90. The maximum absolute atomic E-state index is 12.4. The van der Waals surface area contributed by atoms with Crippen molar-refractivity contribution in [2.24, 2.45) is 0 Å². The molecule has 0 radical (unpaired) electrons. The van der Waals surface area contributed by atoms with Gasteiger partial charge >= 0.3 is 0 Å². The first-order valence-corrected chi connectivity index (χ1v) is 17.8. The molecule has 0 atom stereocenters. The van der Waals surface area contributed by atoms with E-state index in [1.54, 1.807) is 0 Å². The van der Waals surface area contributed by atoms with Crippen LogP contribution in [0.5, 0.6) is 0 Å². The third-order valence-corrected chi connectivity index (χ3v) is 9.05. The molecule has 1 heterocycles. The van der Waals surface area contributed by atoms with Crippen LogP contribution in [0, 0.1) is 0 Å². The van der Waals surface area contributed by atoms with Gasteiger partial charge in [-0.2, -0.15) is 0 Å². The summed E-state index contributed by atoms with van der Waals surface area (Å²) in [6.45, 7) is 9.50. The van der Waals surface area contributed by atoms with Crippen molar-refractivity contribution in [1.29, 1.82) is 0 Å². The Kier molecular flexibility index (Phi) is 16.2. The van der Waals surface area contributed by atoms with Crippen LogP contribution >= 0.6 is 0 Å². The van der Waals surface area contributed by atoms with Gasteiger partial charge in [0, 0.05) is 44.8 Å². The number of amides is 1. The smallest absolute Gasteiger partial charge is 0.224 e. The van der Waals surface area contributed by atoms with Crippen molar-refractivity contribution in [1.82, 2.24) is 9.80 Å². The van der Waals surface area contributed by atoms with Crippen LogP contribution in [0.4, 0.5) is 5.69 Å². The fraction of sp³-hybridized carbons (Fsp3) is 0.525. The van der Waals surface area contributed by atoms with Crippen LogP contribution < -0.4 is 5.32 Å². The van der Waals surface area contributed by atoms with Crippen molar-refractivity contribution in [2.45, 2.75) is 90.1 Å². The number of hydrogen-bond acceptors (Lipinski definition) is 4. The molecule has 1 saturated heterocycles. The van der Waals surface area contributed by atoms with Gasteiger partial charge in [-0.05, 0) is 54.6 Å². The number of anilines is 1. The summed E-state index contributed by atoms with van der Waals surface area (Å²) in [6.07, 6.45) is 14.3. The van der Waals surface area contributed by atoms with Gasteiger partial charge in [-0.3, -0.25) is 9.69 Å². The zero-order valence-corrected chi connectivity index (χ0v) is 27.8. The third-order valence-electron chi connectivity index (χ3n) is 9.05. The van der Waals surface area contributed by atoms with E-state index < -0.39 is 0 Å². The first-order chi connectivity index (χ1) is 22.2. The van der Waals surface area contributed by atoms with Crippen LogP contribution in [0.3, 0.4) is 0 Å². The van der Waals surface area contributed by atoms with Crippen LogP contribution in [0.2, 0.25) is 0 Å². The van der Waals surface area contributed by atoms with Gasteiger partial charge in [-0.15, -0.1) is 0 Å². The summed E-state index contributed by atoms with van der Waals surface area (Å²) >= 11 is 0. The molecule has 5 nitrogen and oxygen atoms in total. The number of benzene rings is 3. The van der Waals surface area contributed by atoms with Gasteiger partial charge < -0.3 is 15.0 Å². The molecule has 1 N–H and O–H groups in total. The lowest BCUT2D eigenvalue weighted by Crippen LogP contribution is -2.47. The van der Waals surface area contributed by atoms with E-state index in [0.29, 0.717) is 6.42 Å². The molecule has 3 aromatic carbocycles. The lowest BCUT2D eigenvalue weighted by atomic mass is 10.0. The largest absolute Gasteiger partial charge is 0.367 e. The van der Waals surface area contributed by atoms with E-state index in [2.05, 4.69) is 107 Å². The van der Waals surface area contributed by atoms with Gasteiger partial charge in [0.25, 0.3) is 0 Å². The summed E-state index contributed by atoms with van der Waals surface area (Å²) < 4.78 is 6.45. The van der Waals surface area contributed by atoms with Gasteiger partial charge in [0.1, 0.15) is 6.10 Å². The highest BCUT2D eigenvalue weighted by molar-refractivity contribution is 5.90. The Morgan fingerprint density at radius 1 is 0.667 bits per heavy atom. The standard InChI is InChI=1S/C40H57N3O2/c1-2-3-4-5-6-7-8-9-16-23-39(44)41-38-26-24-35(25-27-38)18-17-28-42-29-31-43(32-30-42)33-34-45-40(36-19-12-10-13-20-36)37-21-14-11-15-22-37/h10-15,19-22,24-27,40H,2-9,16-18,23,28-34H2,1H3,(H,41,44). The Balaban J connectivity index is 1.05. The van der Waals surface area contributed by atoms with Gasteiger partial charge in [-0.25, -0.2) is 0 Å². The Labute approximate surface area is 273 Å². The van der Waals surface area contributed by atoms with Gasteiger partial charge in [0.05, 0.1) is 6.61 Å². The number of ether oxygens (including phenoxy) is 1. The molecular formula is C40H57N3O2. The number of carbonyl (C=O) groups is 1. The molecule has 244 valence electrons. The molecule has 1 aliphatic heterocycles. The number of aryl methyl sites for hydroxylation is 1. The molecule has 4 rings (SSSR count). The zero-order valence-electron chi connectivity index (χ0n) is 27.8. The van der Waals surface area contributed by atoms with E-state index in [9.17, 15) is 4.79 Å². The Bertz CT molecular complexity index is 1140. The van der Waals surface area contributed by atoms with E-state index >= 15 is 0 Å². The highest BCUT2D eigenvalue weighted by Crippen LogP contribution is 2.25. The van der Waals surface area contributed by atoms with E-state index in [0.717, 1.165) is 77.2 Å². The lowest BCUT2D eigenvalue weighted by molar-refractivity contribution is -0.116. The molecule has 0 saturated carbocycles.